The summed E-state index contributed by atoms with van der Waals surface area (Å²) in [6.07, 6.45) is 0. The van der Waals surface area contributed by atoms with Crippen molar-refractivity contribution < 1.29 is 14.1 Å². The van der Waals surface area contributed by atoms with Crippen LogP contribution in [0.25, 0.3) is 22.6 Å². The molecule has 8 nitrogen and oxygen atoms in total. The highest BCUT2D eigenvalue weighted by atomic mass is 16.6. The van der Waals surface area contributed by atoms with Crippen LogP contribution in [0.2, 0.25) is 0 Å². The minimum Gasteiger partial charge on any atom is -0.397 e. The molecule has 1 aliphatic rings. The number of benzene rings is 1. The summed E-state index contributed by atoms with van der Waals surface area (Å²) < 4.78 is 7.10. The van der Waals surface area contributed by atoms with Crippen LogP contribution in [0.4, 0.5) is 5.88 Å². The number of nitrogens with one attached hydrogen (secondary N) is 1. The molecule has 8 heteroatoms. The lowest BCUT2D eigenvalue weighted by molar-refractivity contribution is -0.401. The van der Waals surface area contributed by atoms with Gasteiger partial charge in [-0.15, -0.1) is 0 Å². The molecule has 1 aromatic carbocycles. The molecule has 0 aliphatic carbocycles. The molecule has 22 heavy (non-hydrogen) atoms. The minimum atomic E-state index is -0.592. The van der Waals surface area contributed by atoms with Crippen LogP contribution in [0.15, 0.2) is 34.7 Å². The first-order chi connectivity index (χ1) is 10.6. The van der Waals surface area contributed by atoms with Gasteiger partial charge in [0.25, 0.3) is 5.91 Å². The van der Waals surface area contributed by atoms with E-state index in [1.807, 2.05) is 4.57 Å². The van der Waals surface area contributed by atoms with Crippen molar-refractivity contribution in [3.63, 3.8) is 0 Å². The first-order valence-electron chi connectivity index (χ1n) is 6.67. The fraction of sp³-hybridized carbons (Fsp3) is 0.143. The van der Waals surface area contributed by atoms with Gasteiger partial charge in [-0.3, -0.25) is 14.9 Å². The van der Waals surface area contributed by atoms with E-state index < -0.39 is 4.92 Å². The Morgan fingerprint density at radius 1 is 1.32 bits per heavy atom. The molecule has 0 atom stereocenters. The number of hydrogen-bond donors (Lipinski definition) is 1. The minimum absolute atomic E-state index is 0.152. The summed E-state index contributed by atoms with van der Waals surface area (Å²) in [4.78, 5) is 26.7. The number of amides is 1. The summed E-state index contributed by atoms with van der Waals surface area (Å²) >= 11 is 0. The molecule has 0 saturated carbocycles. The first kappa shape index (κ1) is 12.6. The number of aromatic nitrogens is 2. The monoisotopic (exact) mass is 298 g/mol. The van der Waals surface area contributed by atoms with E-state index in [4.69, 9.17) is 4.42 Å². The Labute approximate surface area is 123 Å². The highest BCUT2D eigenvalue weighted by Gasteiger charge is 2.24. The SMILES string of the molecule is O=C1NCCn2c(-c3ccc([N+](=O)[O-])o3)nc3cccc1c32. The molecule has 1 N–H and O–H groups in total. The van der Waals surface area contributed by atoms with Gasteiger partial charge in [0.05, 0.1) is 22.7 Å². The van der Waals surface area contributed by atoms with Crippen molar-refractivity contribution >= 4 is 22.8 Å². The molecule has 3 aromatic rings. The summed E-state index contributed by atoms with van der Waals surface area (Å²) in [6, 6.07) is 8.10. The zero-order valence-corrected chi connectivity index (χ0v) is 11.3. The molecule has 0 fully saturated rings. The van der Waals surface area contributed by atoms with Crippen LogP contribution < -0.4 is 5.32 Å². The second-order valence-electron chi connectivity index (χ2n) is 4.91. The predicted molar refractivity (Wildman–Crippen MR) is 76.4 cm³/mol. The van der Waals surface area contributed by atoms with Gasteiger partial charge in [-0.1, -0.05) is 6.07 Å². The Bertz CT molecular complexity index is 924. The van der Waals surface area contributed by atoms with E-state index in [-0.39, 0.29) is 11.8 Å². The molecule has 0 unspecified atom stereocenters. The van der Waals surface area contributed by atoms with Crippen LogP contribution in [-0.2, 0) is 6.54 Å². The lowest BCUT2D eigenvalue weighted by Gasteiger charge is -2.04. The molecule has 0 saturated heterocycles. The van der Waals surface area contributed by atoms with Crippen LogP contribution in [0.3, 0.4) is 0 Å². The fourth-order valence-corrected chi connectivity index (χ4v) is 2.70. The maximum absolute atomic E-state index is 12.1. The quantitative estimate of drug-likeness (QED) is 0.575. The van der Waals surface area contributed by atoms with Crippen molar-refractivity contribution in [1.82, 2.24) is 14.9 Å². The van der Waals surface area contributed by atoms with E-state index in [0.29, 0.717) is 41.3 Å². The van der Waals surface area contributed by atoms with Crippen molar-refractivity contribution in [1.29, 1.82) is 0 Å². The van der Waals surface area contributed by atoms with Crippen LogP contribution in [-0.4, -0.2) is 26.9 Å². The lowest BCUT2D eigenvalue weighted by Crippen LogP contribution is -2.24. The van der Waals surface area contributed by atoms with E-state index in [1.165, 1.54) is 12.1 Å². The number of hydrogen-bond acceptors (Lipinski definition) is 5. The normalized spacial score (nSPS) is 13.9. The smallest absolute Gasteiger partial charge is 0.397 e. The van der Waals surface area contributed by atoms with E-state index in [2.05, 4.69) is 10.3 Å². The number of imidazole rings is 1. The van der Waals surface area contributed by atoms with Gasteiger partial charge in [-0.05, 0) is 18.2 Å². The van der Waals surface area contributed by atoms with Gasteiger partial charge < -0.3 is 14.3 Å². The van der Waals surface area contributed by atoms with Crippen LogP contribution in [0.5, 0.6) is 0 Å². The largest absolute Gasteiger partial charge is 0.433 e. The van der Waals surface area contributed by atoms with Gasteiger partial charge in [0.15, 0.2) is 11.6 Å². The molecule has 3 heterocycles. The maximum atomic E-state index is 12.1. The third kappa shape index (κ3) is 1.70. The zero-order chi connectivity index (χ0) is 15.3. The summed E-state index contributed by atoms with van der Waals surface area (Å²) in [5.74, 6) is 0.300. The van der Waals surface area contributed by atoms with E-state index >= 15 is 0 Å². The first-order valence-corrected chi connectivity index (χ1v) is 6.67. The Kier molecular flexibility index (Phi) is 2.52. The third-order valence-electron chi connectivity index (χ3n) is 3.62. The van der Waals surface area contributed by atoms with Crippen molar-refractivity contribution in [2.75, 3.05) is 6.54 Å². The number of carbonyl (C=O) groups excluding carboxylic acids is 1. The molecule has 110 valence electrons. The average Bonchev–Trinajstić information content (AvgIpc) is 3.07. The van der Waals surface area contributed by atoms with E-state index in [0.717, 1.165) is 0 Å². The molecule has 0 radical (unpaired) electrons. The molecule has 0 spiro atoms. The number of rotatable bonds is 2. The Morgan fingerprint density at radius 2 is 2.18 bits per heavy atom. The lowest BCUT2D eigenvalue weighted by atomic mass is 10.2. The van der Waals surface area contributed by atoms with Crippen molar-refractivity contribution in [3.8, 4) is 11.6 Å². The van der Waals surface area contributed by atoms with Gasteiger partial charge >= 0.3 is 5.88 Å². The van der Waals surface area contributed by atoms with Crippen molar-refractivity contribution in [2.45, 2.75) is 6.54 Å². The average molecular weight is 298 g/mol. The van der Waals surface area contributed by atoms with Crippen molar-refractivity contribution in [2.24, 2.45) is 0 Å². The number of nitro groups is 1. The van der Waals surface area contributed by atoms with Crippen LogP contribution in [0, 0.1) is 10.1 Å². The maximum Gasteiger partial charge on any atom is 0.433 e. The standard InChI is InChI=1S/C14H10N4O4/c19-14-8-2-1-3-9-12(8)17(7-6-15-14)13(16-9)10-4-5-11(22-10)18(20)21/h1-5H,6-7H2,(H,15,19). The van der Waals surface area contributed by atoms with E-state index in [1.54, 1.807) is 18.2 Å². The molecule has 1 aliphatic heterocycles. The second kappa shape index (κ2) is 4.42. The Morgan fingerprint density at radius 3 is 2.95 bits per heavy atom. The number of nitrogens with zero attached hydrogens (tertiary/aromatic N) is 3. The van der Waals surface area contributed by atoms with Crippen molar-refractivity contribution in [3.05, 3.63) is 46.0 Å². The van der Waals surface area contributed by atoms with Gasteiger partial charge in [0.2, 0.25) is 0 Å². The summed E-state index contributed by atoms with van der Waals surface area (Å²) in [5.41, 5.74) is 1.91. The van der Waals surface area contributed by atoms with E-state index in [9.17, 15) is 14.9 Å². The third-order valence-corrected chi connectivity index (χ3v) is 3.62. The van der Waals surface area contributed by atoms with Gasteiger partial charge in [-0.25, -0.2) is 4.98 Å². The van der Waals surface area contributed by atoms with Gasteiger partial charge in [0.1, 0.15) is 4.92 Å². The second-order valence-corrected chi connectivity index (χ2v) is 4.91. The Hall–Kier alpha value is -3.16. The summed E-state index contributed by atoms with van der Waals surface area (Å²) in [6.45, 7) is 0.970. The fourth-order valence-electron chi connectivity index (χ4n) is 2.70. The molecule has 2 aromatic heterocycles. The molecule has 4 rings (SSSR count). The van der Waals surface area contributed by atoms with Gasteiger partial charge in [0, 0.05) is 13.1 Å². The number of para-hydroxylation sites is 1. The number of furan rings is 1. The molecular formula is C14H10N4O4. The highest BCUT2D eigenvalue weighted by molar-refractivity contribution is 6.06. The molecular weight excluding hydrogens is 288 g/mol. The highest BCUT2D eigenvalue weighted by Crippen LogP contribution is 2.30. The predicted octanol–water partition coefficient (Wildman–Crippen LogP) is 1.95. The molecule has 0 bridgehead atoms. The summed E-state index contributed by atoms with van der Waals surface area (Å²) in [5, 5.41) is 13.6. The zero-order valence-electron chi connectivity index (χ0n) is 11.3. The van der Waals surface area contributed by atoms with Gasteiger partial charge in [-0.2, -0.15) is 0 Å². The van der Waals surface area contributed by atoms with Crippen LogP contribution in [0.1, 0.15) is 10.4 Å². The number of carbonyl (C=O) groups is 1. The Balaban J connectivity index is 1.98. The topological polar surface area (TPSA) is 103 Å². The summed E-state index contributed by atoms with van der Waals surface area (Å²) in [7, 11) is 0. The van der Waals surface area contributed by atoms with Crippen LogP contribution >= 0.6 is 0 Å². The molecule has 1 amide bonds.